The Bertz CT molecular complexity index is 820. The lowest BCUT2D eigenvalue weighted by atomic mass is 10.1. The Balaban J connectivity index is 2.24. The molecule has 0 saturated heterocycles. The number of carbonyl (C=O) groups is 1. The lowest BCUT2D eigenvalue weighted by molar-refractivity contribution is -0.112. The Morgan fingerprint density at radius 2 is 1.64 bits per heavy atom. The minimum atomic E-state index is -0.509. The first kappa shape index (κ1) is 17.9. The van der Waals surface area contributed by atoms with Crippen LogP contribution < -0.4 is 19.5 Å². The fourth-order valence-corrected chi connectivity index (χ4v) is 2.11. The maximum absolute atomic E-state index is 12.3. The van der Waals surface area contributed by atoms with Crippen molar-refractivity contribution in [2.75, 3.05) is 26.6 Å². The van der Waals surface area contributed by atoms with Crippen LogP contribution in [0.3, 0.4) is 0 Å². The van der Waals surface area contributed by atoms with Gasteiger partial charge in [-0.2, -0.15) is 5.26 Å². The quantitative estimate of drug-likeness (QED) is 0.646. The molecule has 25 heavy (non-hydrogen) atoms. The zero-order valence-electron chi connectivity index (χ0n) is 14.2. The zero-order chi connectivity index (χ0) is 18.2. The number of hydrogen-bond donors (Lipinski definition) is 1. The summed E-state index contributed by atoms with van der Waals surface area (Å²) in [6.07, 6.45) is 1.47. The lowest BCUT2D eigenvalue weighted by Crippen LogP contribution is -2.13. The van der Waals surface area contributed by atoms with E-state index in [2.05, 4.69) is 5.32 Å². The first-order valence-electron chi connectivity index (χ1n) is 7.40. The minimum Gasteiger partial charge on any atom is -0.497 e. The number of methoxy groups -OCH3 is 3. The van der Waals surface area contributed by atoms with E-state index in [9.17, 15) is 10.1 Å². The Morgan fingerprint density at radius 1 is 1.00 bits per heavy atom. The number of anilines is 1. The van der Waals surface area contributed by atoms with Crippen molar-refractivity contribution in [1.82, 2.24) is 0 Å². The Kier molecular flexibility index (Phi) is 6.02. The topological polar surface area (TPSA) is 80.6 Å². The molecule has 0 aromatic heterocycles. The predicted octanol–water partition coefficient (Wildman–Crippen LogP) is 3.26. The van der Waals surface area contributed by atoms with Crippen molar-refractivity contribution in [3.05, 3.63) is 53.6 Å². The summed E-state index contributed by atoms with van der Waals surface area (Å²) in [4.78, 5) is 12.3. The highest BCUT2D eigenvalue weighted by atomic mass is 16.5. The van der Waals surface area contributed by atoms with E-state index in [-0.39, 0.29) is 5.57 Å². The fourth-order valence-electron chi connectivity index (χ4n) is 2.11. The average molecular weight is 338 g/mol. The third-order valence-electron chi connectivity index (χ3n) is 3.45. The second-order valence-electron chi connectivity index (χ2n) is 4.96. The molecule has 0 atom stereocenters. The predicted molar refractivity (Wildman–Crippen MR) is 94.8 cm³/mol. The van der Waals surface area contributed by atoms with Crippen LogP contribution in [-0.4, -0.2) is 27.2 Å². The number of amides is 1. The summed E-state index contributed by atoms with van der Waals surface area (Å²) >= 11 is 0. The van der Waals surface area contributed by atoms with Gasteiger partial charge in [-0.25, -0.2) is 0 Å². The maximum Gasteiger partial charge on any atom is 0.266 e. The number of nitrogens with zero attached hydrogens (tertiary/aromatic N) is 1. The molecule has 0 aliphatic rings. The van der Waals surface area contributed by atoms with E-state index in [0.717, 1.165) is 0 Å². The highest BCUT2D eigenvalue weighted by Crippen LogP contribution is 2.26. The molecule has 2 rings (SSSR count). The van der Waals surface area contributed by atoms with Gasteiger partial charge in [0.1, 0.15) is 28.9 Å². The van der Waals surface area contributed by atoms with Gasteiger partial charge in [-0.05, 0) is 42.5 Å². The molecule has 2 aromatic rings. The van der Waals surface area contributed by atoms with Gasteiger partial charge in [0.15, 0.2) is 0 Å². The first-order valence-corrected chi connectivity index (χ1v) is 7.40. The zero-order valence-corrected chi connectivity index (χ0v) is 14.2. The molecule has 6 heteroatoms. The van der Waals surface area contributed by atoms with E-state index in [1.165, 1.54) is 13.2 Å². The number of carbonyl (C=O) groups excluding carboxylic acids is 1. The molecule has 1 amide bonds. The summed E-state index contributed by atoms with van der Waals surface area (Å²) in [6.45, 7) is 0. The van der Waals surface area contributed by atoms with Crippen LogP contribution in [-0.2, 0) is 4.79 Å². The smallest absolute Gasteiger partial charge is 0.266 e. The second-order valence-corrected chi connectivity index (χ2v) is 4.96. The minimum absolute atomic E-state index is 0.0423. The Hall–Kier alpha value is -3.46. The van der Waals surface area contributed by atoms with Gasteiger partial charge in [-0.3, -0.25) is 4.79 Å². The molecule has 0 bridgehead atoms. The first-order chi connectivity index (χ1) is 12.1. The number of benzene rings is 2. The molecule has 0 aliphatic heterocycles. The number of nitriles is 1. The molecule has 6 nitrogen and oxygen atoms in total. The third kappa shape index (κ3) is 4.52. The number of hydrogen-bond acceptors (Lipinski definition) is 5. The van der Waals surface area contributed by atoms with Gasteiger partial charge in [0.2, 0.25) is 0 Å². The molecular formula is C19H18N2O4. The van der Waals surface area contributed by atoms with Crippen molar-refractivity contribution in [1.29, 1.82) is 5.26 Å². The molecular weight excluding hydrogens is 320 g/mol. The van der Waals surface area contributed by atoms with E-state index in [1.807, 2.05) is 6.07 Å². The van der Waals surface area contributed by atoms with Gasteiger partial charge in [0.05, 0.1) is 21.3 Å². The van der Waals surface area contributed by atoms with Gasteiger partial charge >= 0.3 is 0 Å². The van der Waals surface area contributed by atoms with Crippen LogP contribution in [0.1, 0.15) is 5.56 Å². The van der Waals surface area contributed by atoms with Crippen molar-refractivity contribution in [2.24, 2.45) is 0 Å². The highest BCUT2D eigenvalue weighted by Gasteiger charge is 2.12. The summed E-state index contributed by atoms with van der Waals surface area (Å²) in [5, 5.41) is 12.0. The van der Waals surface area contributed by atoms with Crippen molar-refractivity contribution in [2.45, 2.75) is 0 Å². The van der Waals surface area contributed by atoms with Gasteiger partial charge in [-0.15, -0.1) is 0 Å². The van der Waals surface area contributed by atoms with Gasteiger partial charge in [0.25, 0.3) is 5.91 Å². The number of rotatable bonds is 6. The number of ether oxygens (including phenoxy) is 3. The largest absolute Gasteiger partial charge is 0.497 e. The molecule has 0 radical (unpaired) electrons. The van der Waals surface area contributed by atoms with Crippen molar-refractivity contribution in [3.63, 3.8) is 0 Å². The van der Waals surface area contributed by atoms with Gasteiger partial charge in [0, 0.05) is 17.3 Å². The standard InChI is InChI=1S/C19H18N2O4/c1-23-16-8-5-15(6-9-16)21-19(22)14(12-20)10-13-4-7-17(24-2)11-18(13)25-3/h4-11H,1-3H3,(H,21,22)/b14-10-. The van der Waals surface area contributed by atoms with E-state index >= 15 is 0 Å². The van der Waals surface area contributed by atoms with Gasteiger partial charge < -0.3 is 19.5 Å². The van der Waals surface area contributed by atoms with Crippen LogP contribution in [0.5, 0.6) is 17.2 Å². The summed E-state index contributed by atoms with van der Waals surface area (Å²) in [5.41, 5.74) is 1.12. The maximum atomic E-state index is 12.3. The summed E-state index contributed by atoms with van der Waals surface area (Å²) < 4.78 is 15.5. The van der Waals surface area contributed by atoms with Crippen LogP contribution in [0.4, 0.5) is 5.69 Å². The summed E-state index contributed by atoms with van der Waals surface area (Å²) in [5.74, 6) is 1.29. The molecule has 0 unspecified atom stereocenters. The second kappa shape index (κ2) is 8.41. The van der Waals surface area contributed by atoms with Crippen molar-refractivity contribution >= 4 is 17.7 Å². The van der Waals surface area contributed by atoms with Crippen LogP contribution in [0.2, 0.25) is 0 Å². The van der Waals surface area contributed by atoms with Gasteiger partial charge in [-0.1, -0.05) is 0 Å². The van der Waals surface area contributed by atoms with Crippen molar-refractivity contribution in [3.8, 4) is 23.3 Å². The Morgan fingerprint density at radius 3 is 2.20 bits per heavy atom. The average Bonchev–Trinajstić information content (AvgIpc) is 2.66. The molecule has 0 aliphatic carbocycles. The molecule has 0 heterocycles. The SMILES string of the molecule is COc1ccc(NC(=O)/C(C#N)=C\c2ccc(OC)cc2OC)cc1. The molecule has 0 saturated carbocycles. The molecule has 0 spiro atoms. The molecule has 128 valence electrons. The van der Waals surface area contributed by atoms with Crippen LogP contribution in [0.25, 0.3) is 6.08 Å². The van der Waals surface area contributed by atoms with Crippen molar-refractivity contribution < 1.29 is 19.0 Å². The van der Waals surface area contributed by atoms with E-state index in [0.29, 0.717) is 28.5 Å². The monoisotopic (exact) mass is 338 g/mol. The van der Waals surface area contributed by atoms with Crippen LogP contribution in [0, 0.1) is 11.3 Å². The molecule has 2 aromatic carbocycles. The summed E-state index contributed by atoms with van der Waals surface area (Å²) in [6, 6.07) is 13.9. The molecule has 1 N–H and O–H groups in total. The van der Waals surface area contributed by atoms with E-state index in [1.54, 1.807) is 56.7 Å². The molecule has 0 fully saturated rings. The fraction of sp³-hybridized carbons (Fsp3) is 0.158. The van der Waals surface area contributed by atoms with Crippen LogP contribution >= 0.6 is 0 Å². The normalized spacial score (nSPS) is 10.6. The van der Waals surface area contributed by atoms with Crippen LogP contribution in [0.15, 0.2) is 48.0 Å². The summed E-state index contributed by atoms with van der Waals surface area (Å²) in [7, 11) is 4.62. The number of nitrogens with one attached hydrogen (secondary N) is 1. The van der Waals surface area contributed by atoms with E-state index in [4.69, 9.17) is 14.2 Å². The Labute approximate surface area is 146 Å². The van der Waals surface area contributed by atoms with E-state index < -0.39 is 5.91 Å². The third-order valence-corrected chi connectivity index (χ3v) is 3.45. The lowest BCUT2D eigenvalue weighted by Gasteiger charge is -2.09. The highest BCUT2D eigenvalue weighted by molar-refractivity contribution is 6.09.